The zero-order valence-electron chi connectivity index (χ0n) is 11.1. The van der Waals surface area contributed by atoms with Crippen molar-refractivity contribution in [3.63, 3.8) is 0 Å². The average Bonchev–Trinajstić information content (AvgIpc) is 2.76. The van der Waals surface area contributed by atoms with E-state index in [1.54, 1.807) is 18.5 Å². The summed E-state index contributed by atoms with van der Waals surface area (Å²) in [7, 11) is 0. The van der Waals surface area contributed by atoms with E-state index in [-0.39, 0.29) is 12.0 Å². The summed E-state index contributed by atoms with van der Waals surface area (Å²) < 4.78 is 6.72. The molecule has 4 nitrogen and oxygen atoms in total. The van der Waals surface area contributed by atoms with Crippen molar-refractivity contribution in [3.05, 3.63) is 34.6 Å². The molecule has 2 rings (SSSR count). The number of amides is 1. The molecule has 5 heteroatoms. The van der Waals surface area contributed by atoms with E-state index in [2.05, 4.69) is 20.9 Å². The molecule has 2 heterocycles. The lowest BCUT2D eigenvalue weighted by Crippen LogP contribution is -2.29. The minimum Gasteiger partial charge on any atom is -0.487 e. The fourth-order valence-corrected chi connectivity index (χ4v) is 2.36. The van der Waals surface area contributed by atoms with Crippen LogP contribution in [0.5, 0.6) is 5.75 Å². The maximum Gasteiger partial charge on any atom is 0.246 e. The molecule has 1 amide bonds. The number of likely N-dealkylation sites (tertiary alicyclic amines) is 1. The lowest BCUT2D eigenvalue weighted by atomic mass is 10.3. The van der Waals surface area contributed by atoms with Crippen molar-refractivity contribution in [2.45, 2.75) is 26.4 Å². The Morgan fingerprint density at radius 3 is 3.00 bits per heavy atom. The van der Waals surface area contributed by atoms with Gasteiger partial charge in [0.2, 0.25) is 5.91 Å². The normalized spacial score (nSPS) is 18.3. The molecule has 1 aliphatic rings. The number of nitrogens with zero attached hydrogens (tertiary/aromatic N) is 2. The lowest BCUT2D eigenvalue weighted by Gasteiger charge is -2.16. The van der Waals surface area contributed by atoms with Crippen molar-refractivity contribution >= 4 is 21.8 Å². The van der Waals surface area contributed by atoms with Gasteiger partial charge in [0.05, 0.1) is 12.7 Å². The smallest absolute Gasteiger partial charge is 0.246 e. The zero-order chi connectivity index (χ0) is 13.8. The first-order chi connectivity index (χ1) is 9.04. The number of ether oxygens (including phenoxy) is 1. The minimum absolute atomic E-state index is 0.0469. The minimum atomic E-state index is 0.0469. The first-order valence-electron chi connectivity index (χ1n) is 6.25. The third-order valence-electron chi connectivity index (χ3n) is 2.85. The van der Waals surface area contributed by atoms with Crippen LogP contribution in [0.2, 0.25) is 0 Å². The van der Waals surface area contributed by atoms with Crippen LogP contribution in [-0.2, 0) is 4.79 Å². The molecule has 0 spiro atoms. The first kappa shape index (κ1) is 14.1. The summed E-state index contributed by atoms with van der Waals surface area (Å²) in [5, 5.41) is 0. The Morgan fingerprint density at radius 2 is 2.32 bits per heavy atom. The van der Waals surface area contributed by atoms with Gasteiger partial charge in [0.15, 0.2) is 0 Å². The number of allylic oxidation sites excluding steroid dienone is 1. The molecule has 1 atom stereocenters. The number of rotatable bonds is 3. The van der Waals surface area contributed by atoms with Crippen molar-refractivity contribution in [1.29, 1.82) is 0 Å². The largest absolute Gasteiger partial charge is 0.487 e. The Kier molecular flexibility index (Phi) is 4.58. The van der Waals surface area contributed by atoms with Gasteiger partial charge in [0.1, 0.15) is 11.9 Å². The fraction of sp³-hybridized carbons (Fsp3) is 0.429. The molecule has 1 saturated heterocycles. The van der Waals surface area contributed by atoms with Gasteiger partial charge in [-0.25, -0.2) is 0 Å². The summed E-state index contributed by atoms with van der Waals surface area (Å²) in [5.74, 6) is 0.800. The van der Waals surface area contributed by atoms with E-state index in [0.717, 1.165) is 28.8 Å². The van der Waals surface area contributed by atoms with E-state index in [1.807, 2.05) is 24.8 Å². The summed E-state index contributed by atoms with van der Waals surface area (Å²) >= 11 is 3.36. The second kappa shape index (κ2) is 6.19. The molecule has 1 fully saturated rings. The number of carbonyl (C=O) groups excluding carboxylic acids is 1. The van der Waals surface area contributed by atoms with Crippen LogP contribution in [-0.4, -0.2) is 35.0 Å². The molecule has 0 radical (unpaired) electrons. The highest BCUT2D eigenvalue weighted by Gasteiger charge is 2.26. The monoisotopic (exact) mass is 324 g/mol. The summed E-state index contributed by atoms with van der Waals surface area (Å²) in [6.07, 6.45) is 5.97. The van der Waals surface area contributed by atoms with Crippen LogP contribution in [0, 0.1) is 0 Å². The summed E-state index contributed by atoms with van der Waals surface area (Å²) in [6.45, 7) is 5.23. The van der Waals surface area contributed by atoms with Crippen LogP contribution in [0.1, 0.15) is 20.3 Å². The third-order valence-corrected chi connectivity index (χ3v) is 3.29. The maximum absolute atomic E-state index is 11.9. The quantitative estimate of drug-likeness (QED) is 0.803. The topological polar surface area (TPSA) is 42.4 Å². The first-order valence-corrected chi connectivity index (χ1v) is 7.05. The fourth-order valence-electron chi connectivity index (χ4n) is 2.01. The van der Waals surface area contributed by atoms with E-state index in [4.69, 9.17) is 4.74 Å². The van der Waals surface area contributed by atoms with E-state index < -0.39 is 0 Å². The molecule has 0 unspecified atom stereocenters. The van der Waals surface area contributed by atoms with E-state index in [9.17, 15) is 4.79 Å². The highest BCUT2D eigenvalue weighted by molar-refractivity contribution is 9.10. The van der Waals surface area contributed by atoms with Crippen LogP contribution in [0.15, 0.2) is 34.6 Å². The molecule has 19 heavy (non-hydrogen) atoms. The third kappa shape index (κ3) is 4.06. The molecule has 0 saturated carbocycles. The molecule has 0 aromatic carbocycles. The van der Waals surface area contributed by atoms with Crippen molar-refractivity contribution < 1.29 is 9.53 Å². The van der Waals surface area contributed by atoms with E-state index in [1.165, 1.54) is 0 Å². The SMILES string of the molecule is CC(C)=CC(=O)N1CC[C@@H](Oc2cncc(Br)c2)C1. The van der Waals surface area contributed by atoms with Crippen molar-refractivity contribution in [1.82, 2.24) is 9.88 Å². The van der Waals surface area contributed by atoms with Crippen LogP contribution in [0.25, 0.3) is 0 Å². The summed E-state index contributed by atoms with van der Waals surface area (Å²) in [4.78, 5) is 17.8. The number of aromatic nitrogens is 1. The molecule has 1 aromatic rings. The van der Waals surface area contributed by atoms with Gasteiger partial charge in [-0.15, -0.1) is 0 Å². The van der Waals surface area contributed by atoms with Gasteiger partial charge >= 0.3 is 0 Å². The predicted octanol–water partition coefficient (Wildman–Crippen LogP) is 2.79. The van der Waals surface area contributed by atoms with Gasteiger partial charge in [0.25, 0.3) is 0 Å². The number of halogens is 1. The molecule has 1 aromatic heterocycles. The van der Waals surface area contributed by atoms with Crippen LogP contribution in [0.3, 0.4) is 0 Å². The molecular formula is C14H17BrN2O2. The Hall–Kier alpha value is -1.36. The van der Waals surface area contributed by atoms with Crippen molar-refractivity contribution in [2.75, 3.05) is 13.1 Å². The van der Waals surface area contributed by atoms with Gasteiger partial charge in [-0.3, -0.25) is 9.78 Å². The van der Waals surface area contributed by atoms with Crippen molar-refractivity contribution in [3.8, 4) is 5.75 Å². The van der Waals surface area contributed by atoms with Gasteiger partial charge < -0.3 is 9.64 Å². The zero-order valence-corrected chi connectivity index (χ0v) is 12.7. The van der Waals surface area contributed by atoms with Crippen LogP contribution < -0.4 is 4.74 Å². The predicted molar refractivity (Wildman–Crippen MR) is 77.0 cm³/mol. The second-order valence-corrected chi connectivity index (χ2v) is 5.79. The van der Waals surface area contributed by atoms with Crippen molar-refractivity contribution in [2.24, 2.45) is 0 Å². The average molecular weight is 325 g/mol. The lowest BCUT2D eigenvalue weighted by molar-refractivity contribution is -0.125. The molecule has 1 aliphatic heterocycles. The molecule has 0 N–H and O–H groups in total. The van der Waals surface area contributed by atoms with Crippen LogP contribution >= 0.6 is 15.9 Å². The van der Waals surface area contributed by atoms with Gasteiger partial charge in [0, 0.05) is 29.7 Å². The molecule has 102 valence electrons. The van der Waals surface area contributed by atoms with Crippen LogP contribution in [0.4, 0.5) is 0 Å². The number of hydrogen-bond acceptors (Lipinski definition) is 3. The summed E-state index contributed by atoms with van der Waals surface area (Å²) in [5.41, 5.74) is 1.02. The highest BCUT2D eigenvalue weighted by atomic mass is 79.9. The Morgan fingerprint density at radius 1 is 1.53 bits per heavy atom. The molecule has 0 bridgehead atoms. The van der Waals surface area contributed by atoms with E-state index >= 15 is 0 Å². The number of carbonyl (C=O) groups is 1. The van der Waals surface area contributed by atoms with E-state index in [0.29, 0.717) is 6.54 Å². The van der Waals surface area contributed by atoms with Gasteiger partial charge in [-0.1, -0.05) is 5.57 Å². The Labute approximate surface area is 121 Å². The standard InChI is InChI=1S/C14H17BrN2O2/c1-10(2)5-14(18)17-4-3-12(9-17)19-13-6-11(15)7-16-8-13/h5-8,12H,3-4,9H2,1-2H3/t12-/m1/s1. The number of pyridine rings is 1. The molecular weight excluding hydrogens is 308 g/mol. The van der Waals surface area contributed by atoms with Gasteiger partial charge in [-0.2, -0.15) is 0 Å². The van der Waals surface area contributed by atoms with Gasteiger partial charge in [-0.05, 0) is 35.8 Å². The number of hydrogen-bond donors (Lipinski definition) is 0. The Balaban J connectivity index is 1.92. The summed E-state index contributed by atoms with van der Waals surface area (Å²) in [6, 6.07) is 1.88. The molecule has 0 aliphatic carbocycles. The highest BCUT2D eigenvalue weighted by Crippen LogP contribution is 2.21. The maximum atomic E-state index is 11.9. The second-order valence-electron chi connectivity index (χ2n) is 4.87. The Bertz CT molecular complexity index is 498.